The van der Waals surface area contributed by atoms with Gasteiger partial charge in [-0.2, -0.15) is 0 Å². The summed E-state index contributed by atoms with van der Waals surface area (Å²) in [6.45, 7) is 5.81. The molecule has 0 aromatic heterocycles. The molecule has 2 N–H and O–H groups in total. The minimum Gasteiger partial charge on any atom is -0.550 e. The number of benzene rings is 4. The summed E-state index contributed by atoms with van der Waals surface area (Å²) in [4.78, 5) is 28.0. The van der Waals surface area contributed by atoms with E-state index in [1.54, 1.807) is 0 Å². The fraction of sp³-hybridized carbons (Fsp3) is 0.282. The van der Waals surface area contributed by atoms with Crippen molar-refractivity contribution in [3.63, 3.8) is 0 Å². The van der Waals surface area contributed by atoms with Gasteiger partial charge in [0.1, 0.15) is 11.5 Å². The van der Waals surface area contributed by atoms with Gasteiger partial charge in [0.25, 0.3) is 0 Å². The number of fused-ring (bicyclic) bond motifs is 2. The van der Waals surface area contributed by atoms with Crippen molar-refractivity contribution < 1.29 is 46.8 Å². The van der Waals surface area contributed by atoms with Crippen LogP contribution in [-0.4, -0.2) is 46.2 Å². The van der Waals surface area contributed by atoms with E-state index in [1.165, 1.54) is 0 Å². The molecule has 2 fully saturated rings. The number of hydrogen-bond acceptors (Lipinski definition) is 8. The smallest absolute Gasteiger partial charge is 0.550 e. The first-order valence-corrected chi connectivity index (χ1v) is 15.6. The molecule has 6 rings (SSSR count). The van der Waals surface area contributed by atoms with Crippen LogP contribution in [0.4, 0.5) is 0 Å². The average Bonchev–Trinajstić information content (AvgIpc) is 3.61. The predicted molar refractivity (Wildman–Crippen MR) is 182 cm³/mol. The molecule has 0 amide bonds. The van der Waals surface area contributed by atoms with Gasteiger partial charge < -0.3 is 30.0 Å². The average molecular weight is 692 g/mol. The van der Waals surface area contributed by atoms with Gasteiger partial charge in [-0.25, -0.2) is 0 Å². The van der Waals surface area contributed by atoms with Crippen LogP contribution in [0.25, 0.3) is 22.3 Å². The molecule has 0 heterocycles. The minimum atomic E-state index is -1.08. The number of carbonyl (C=O) groups is 2. The zero-order valence-electron chi connectivity index (χ0n) is 27.5. The van der Waals surface area contributed by atoms with E-state index in [-0.39, 0.29) is 39.9 Å². The number of phenols is 2. The number of nitrogens with zero attached hydrogens (tertiary/aromatic N) is 2. The van der Waals surface area contributed by atoms with Crippen LogP contribution in [-0.2, 0) is 26.4 Å². The summed E-state index contributed by atoms with van der Waals surface area (Å²) < 4.78 is 0. The Hall–Kier alpha value is -4.73. The summed E-state index contributed by atoms with van der Waals surface area (Å²) in [5.74, 6) is -1.00. The van der Waals surface area contributed by atoms with Gasteiger partial charge >= 0.3 is 16.8 Å². The number of aryl methyl sites for hydroxylation is 2. The second-order valence-electron chi connectivity index (χ2n) is 12.2. The Balaban J connectivity index is 0.000000628. The Kier molecular flexibility index (Phi) is 13.3. The standard InChI is InChI=1S/C35H34N2O2.2C2H4O2.Co/c1-23-15-28(26-9-5-3-6-10-26)18-30(33(23)38)21-36-32-17-25-13-14-35(32,20-25)37-22-31-19-29(16-24(2)34(31)39)27-11-7-4-8-12-27;2*1-2(3)4;/h3-12,15-16,18-19,21-22,25,32,38-39H,13-14,17,20H2,1-2H3;2*1H3,(H,3,4);/q;;;+2/p-2. The molecule has 2 aliphatic rings. The molecule has 4 aromatic rings. The Morgan fingerprint density at radius 3 is 1.62 bits per heavy atom. The van der Waals surface area contributed by atoms with Crippen molar-refractivity contribution in [3.05, 3.63) is 107 Å². The second kappa shape index (κ2) is 16.9. The Bertz CT molecular complexity index is 1750. The van der Waals surface area contributed by atoms with Crippen molar-refractivity contribution in [1.82, 2.24) is 0 Å². The zero-order valence-corrected chi connectivity index (χ0v) is 28.5. The molecule has 0 aliphatic heterocycles. The Morgan fingerprint density at radius 2 is 1.19 bits per heavy atom. The van der Waals surface area contributed by atoms with Crippen LogP contribution in [0.5, 0.6) is 11.5 Å². The number of carbonyl (C=O) groups excluding carboxylic acids is 2. The van der Waals surface area contributed by atoms with Crippen LogP contribution in [0.3, 0.4) is 0 Å². The van der Waals surface area contributed by atoms with E-state index in [0.717, 1.165) is 84.0 Å². The van der Waals surface area contributed by atoms with Gasteiger partial charge in [-0.3, -0.25) is 9.98 Å². The molecular weight excluding hydrogens is 651 g/mol. The number of aliphatic imine (C=N–C) groups is 2. The predicted octanol–water partition coefficient (Wildman–Crippen LogP) is 5.41. The van der Waals surface area contributed by atoms with Crippen LogP contribution < -0.4 is 10.2 Å². The third kappa shape index (κ3) is 9.65. The van der Waals surface area contributed by atoms with Crippen molar-refractivity contribution in [2.75, 3.05) is 0 Å². The molecule has 4 aromatic carbocycles. The monoisotopic (exact) mass is 691 g/mol. The first-order chi connectivity index (χ1) is 22.4. The summed E-state index contributed by atoms with van der Waals surface area (Å²) in [7, 11) is 0. The van der Waals surface area contributed by atoms with E-state index >= 15 is 0 Å². The van der Waals surface area contributed by atoms with Crippen molar-refractivity contribution in [1.29, 1.82) is 0 Å². The number of aliphatic carboxylic acids is 2. The maximum atomic E-state index is 10.9. The van der Waals surface area contributed by atoms with Crippen LogP contribution in [0, 0.1) is 19.8 Å². The van der Waals surface area contributed by atoms with Crippen LogP contribution >= 0.6 is 0 Å². The van der Waals surface area contributed by atoms with E-state index in [2.05, 4.69) is 24.3 Å². The van der Waals surface area contributed by atoms with Gasteiger partial charge in [0.2, 0.25) is 0 Å². The summed E-state index contributed by atoms with van der Waals surface area (Å²) in [5.41, 5.74) is 7.24. The van der Waals surface area contributed by atoms with Gasteiger partial charge in [-0.05, 0) is 117 Å². The summed E-state index contributed by atoms with van der Waals surface area (Å²) in [6, 6.07) is 28.6. The second-order valence-corrected chi connectivity index (χ2v) is 12.2. The molecule has 48 heavy (non-hydrogen) atoms. The third-order valence-electron chi connectivity index (χ3n) is 8.53. The number of carboxylic acids is 2. The van der Waals surface area contributed by atoms with E-state index in [1.807, 2.05) is 86.9 Å². The largest absolute Gasteiger partial charge is 2.00 e. The maximum Gasteiger partial charge on any atom is 2.00 e. The van der Waals surface area contributed by atoms with Gasteiger partial charge in [0, 0.05) is 35.5 Å². The number of hydrogen-bond donors (Lipinski definition) is 2. The van der Waals surface area contributed by atoms with E-state index in [9.17, 15) is 10.2 Å². The number of aromatic hydroxyl groups is 2. The quantitative estimate of drug-likeness (QED) is 0.259. The first-order valence-electron chi connectivity index (χ1n) is 15.6. The van der Waals surface area contributed by atoms with Crippen molar-refractivity contribution in [3.8, 4) is 33.8 Å². The van der Waals surface area contributed by atoms with Gasteiger partial charge in [0.15, 0.2) is 0 Å². The molecule has 8 nitrogen and oxygen atoms in total. The molecule has 1 radical (unpaired) electrons. The maximum absolute atomic E-state index is 10.9. The fourth-order valence-electron chi connectivity index (χ4n) is 6.37. The SMILES string of the molecule is CC(=O)[O-].CC(=O)[O-].Cc1cc(-c2ccccc2)cc(C=NC2CC3CCC2(N=Cc2cc(-c4ccccc4)cc(C)c2O)C3)c1O.[Co+2]. The van der Waals surface area contributed by atoms with Gasteiger partial charge in [-0.1, -0.05) is 60.7 Å². The number of carboxylic acid groups (broad SMARTS) is 2. The Morgan fingerprint density at radius 1 is 0.750 bits per heavy atom. The molecule has 3 unspecified atom stereocenters. The van der Waals surface area contributed by atoms with Crippen LogP contribution in [0.2, 0.25) is 0 Å². The van der Waals surface area contributed by atoms with E-state index in [4.69, 9.17) is 29.8 Å². The summed E-state index contributed by atoms with van der Waals surface area (Å²) >= 11 is 0. The molecule has 3 atom stereocenters. The number of phenolic OH excluding ortho intramolecular Hbond substituents is 2. The third-order valence-corrected chi connectivity index (χ3v) is 8.53. The summed E-state index contributed by atoms with van der Waals surface area (Å²) in [6.07, 6.45) is 7.87. The molecule has 0 spiro atoms. The number of rotatable bonds is 6. The topological polar surface area (TPSA) is 145 Å². The molecule has 2 saturated carbocycles. The van der Waals surface area contributed by atoms with Crippen molar-refractivity contribution >= 4 is 24.4 Å². The van der Waals surface area contributed by atoms with E-state index < -0.39 is 11.9 Å². The minimum absolute atomic E-state index is 0. The molecule has 0 saturated heterocycles. The van der Waals surface area contributed by atoms with E-state index in [0.29, 0.717) is 5.92 Å². The van der Waals surface area contributed by atoms with Crippen LogP contribution in [0.1, 0.15) is 61.8 Å². The zero-order chi connectivity index (χ0) is 34.1. The van der Waals surface area contributed by atoms with Gasteiger partial charge in [0.05, 0.1) is 11.6 Å². The van der Waals surface area contributed by atoms with Crippen LogP contribution in [0.15, 0.2) is 94.9 Å². The summed E-state index contributed by atoms with van der Waals surface area (Å²) in [5, 5.41) is 39.5. The van der Waals surface area contributed by atoms with Gasteiger partial charge in [-0.15, -0.1) is 0 Å². The molecule has 9 heteroatoms. The van der Waals surface area contributed by atoms with Crippen molar-refractivity contribution in [2.45, 2.75) is 65.0 Å². The van der Waals surface area contributed by atoms with Crippen molar-refractivity contribution in [2.24, 2.45) is 15.9 Å². The molecule has 2 aliphatic carbocycles. The Labute approximate surface area is 292 Å². The molecule has 251 valence electrons. The first kappa shape index (κ1) is 37.7. The fourth-order valence-corrected chi connectivity index (χ4v) is 6.37. The molecular formula is C39H40CoN2O6. The molecule has 2 bridgehead atoms. The normalized spacial score (nSPS) is 19.2.